The van der Waals surface area contributed by atoms with Crippen LogP contribution in [0.2, 0.25) is 0 Å². The van der Waals surface area contributed by atoms with E-state index >= 15 is 0 Å². The molecule has 1 aromatic heterocycles. The van der Waals surface area contributed by atoms with E-state index in [2.05, 4.69) is 29.4 Å². The highest BCUT2D eigenvalue weighted by atomic mass is 32.2. The second-order valence-electron chi connectivity index (χ2n) is 4.90. The smallest absolute Gasteiger partial charge is 0.258 e. The molecule has 2 rings (SSSR count). The fraction of sp³-hybridized carbons (Fsp3) is 0.438. The highest BCUT2D eigenvalue weighted by molar-refractivity contribution is 7.99. The van der Waals surface area contributed by atoms with E-state index in [0.717, 1.165) is 41.3 Å². The van der Waals surface area contributed by atoms with Crippen molar-refractivity contribution < 1.29 is 4.79 Å². The minimum absolute atomic E-state index is 0.114. The largest absolute Gasteiger partial charge is 0.296 e. The van der Waals surface area contributed by atoms with E-state index in [4.69, 9.17) is 0 Å². The molecule has 0 atom stereocenters. The van der Waals surface area contributed by atoms with E-state index in [-0.39, 0.29) is 5.91 Å². The monoisotopic (exact) mass is 335 g/mol. The Labute approximate surface area is 139 Å². The molecule has 0 saturated heterocycles. The number of hydrogen-bond donors (Lipinski definition) is 1. The Bertz CT molecular complexity index is 613. The van der Waals surface area contributed by atoms with E-state index < -0.39 is 0 Å². The van der Waals surface area contributed by atoms with Gasteiger partial charge in [-0.05, 0) is 30.7 Å². The quantitative estimate of drug-likeness (QED) is 0.714. The van der Waals surface area contributed by atoms with Crippen LogP contribution in [0.1, 0.15) is 48.5 Å². The normalized spacial score (nSPS) is 10.6. The fourth-order valence-corrected chi connectivity index (χ4v) is 3.58. The number of anilines is 1. The number of carbonyl (C=O) groups is 1. The van der Waals surface area contributed by atoms with Gasteiger partial charge in [0.05, 0.1) is 5.56 Å². The van der Waals surface area contributed by atoms with E-state index in [1.165, 1.54) is 11.3 Å². The maximum atomic E-state index is 12.4. The predicted molar refractivity (Wildman–Crippen MR) is 93.9 cm³/mol. The summed E-state index contributed by atoms with van der Waals surface area (Å²) in [6.07, 6.45) is 4.23. The van der Waals surface area contributed by atoms with Crippen LogP contribution in [0.3, 0.4) is 0 Å². The van der Waals surface area contributed by atoms with Gasteiger partial charge in [-0.2, -0.15) is 0 Å². The summed E-state index contributed by atoms with van der Waals surface area (Å²) in [7, 11) is 0. The standard InChI is InChI=1S/C16H21N3OS2/c1-3-5-10-14-18-19-16(22-14)17-15(20)12-8-6-7-9-13(12)21-11-4-2/h6-9H,3-5,10-11H2,1-2H3,(H,17,19,20). The molecule has 0 aliphatic rings. The summed E-state index contributed by atoms with van der Waals surface area (Å²) in [5, 5.41) is 12.6. The highest BCUT2D eigenvalue weighted by Gasteiger charge is 2.13. The van der Waals surface area contributed by atoms with Gasteiger partial charge in [-0.25, -0.2) is 0 Å². The molecule has 1 N–H and O–H groups in total. The Balaban J connectivity index is 2.04. The third-order valence-corrected chi connectivity index (χ3v) is 5.20. The van der Waals surface area contributed by atoms with Crippen molar-refractivity contribution in [1.82, 2.24) is 10.2 Å². The summed E-state index contributed by atoms with van der Waals surface area (Å²) in [4.78, 5) is 13.4. The molecular weight excluding hydrogens is 314 g/mol. The molecule has 0 unspecified atom stereocenters. The van der Waals surface area contributed by atoms with Crippen LogP contribution in [-0.4, -0.2) is 21.9 Å². The van der Waals surface area contributed by atoms with Gasteiger partial charge < -0.3 is 0 Å². The van der Waals surface area contributed by atoms with Gasteiger partial charge in [0.15, 0.2) is 0 Å². The predicted octanol–water partition coefficient (Wildman–Crippen LogP) is 4.64. The molecular formula is C16H21N3OS2. The zero-order chi connectivity index (χ0) is 15.8. The summed E-state index contributed by atoms with van der Waals surface area (Å²) < 4.78 is 0. The summed E-state index contributed by atoms with van der Waals surface area (Å²) in [6, 6.07) is 7.69. The van der Waals surface area contributed by atoms with Crippen LogP contribution in [0, 0.1) is 0 Å². The van der Waals surface area contributed by atoms with Crippen LogP contribution < -0.4 is 5.32 Å². The lowest BCUT2D eigenvalue weighted by molar-refractivity contribution is 0.102. The minimum atomic E-state index is -0.114. The average molecular weight is 335 g/mol. The summed E-state index contributed by atoms with van der Waals surface area (Å²) in [6.45, 7) is 4.28. The minimum Gasteiger partial charge on any atom is -0.296 e. The maximum Gasteiger partial charge on any atom is 0.258 e. The lowest BCUT2D eigenvalue weighted by Gasteiger charge is -2.07. The molecule has 22 heavy (non-hydrogen) atoms. The number of aromatic nitrogens is 2. The third-order valence-electron chi connectivity index (χ3n) is 3.02. The second-order valence-corrected chi connectivity index (χ2v) is 7.10. The van der Waals surface area contributed by atoms with Gasteiger partial charge in [0.2, 0.25) is 5.13 Å². The molecule has 2 aromatic rings. The molecule has 0 aliphatic carbocycles. The van der Waals surface area contributed by atoms with Crippen molar-refractivity contribution >= 4 is 34.1 Å². The van der Waals surface area contributed by atoms with Crippen molar-refractivity contribution in [2.24, 2.45) is 0 Å². The van der Waals surface area contributed by atoms with Crippen LogP contribution in [0.25, 0.3) is 0 Å². The first-order chi connectivity index (χ1) is 10.7. The number of aryl methyl sites for hydroxylation is 1. The van der Waals surface area contributed by atoms with Gasteiger partial charge in [-0.1, -0.05) is 43.7 Å². The molecule has 0 fully saturated rings. The van der Waals surface area contributed by atoms with Crippen molar-refractivity contribution in [3.63, 3.8) is 0 Å². The van der Waals surface area contributed by atoms with Crippen LogP contribution in [0.15, 0.2) is 29.2 Å². The van der Waals surface area contributed by atoms with Crippen molar-refractivity contribution in [3.05, 3.63) is 34.8 Å². The summed E-state index contributed by atoms with van der Waals surface area (Å²) >= 11 is 3.17. The Hall–Kier alpha value is -1.40. The van der Waals surface area contributed by atoms with Gasteiger partial charge in [0, 0.05) is 11.3 Å². The van der Waals surface area contributed by atoms with Gasteiger partial charge in [-0.15, -0.1) is 22.0 Å². The lowest BCUT2D eigenvalue weighted by Crippen LogP contribution is -2.12. The molecule has 0 radical (unpaired) electrons. The molecule has 1 heterocycles. The molecule has 0 saturated carbocycles. The summed E-state index contributed by atoms with van der Waals surface area (Å²) in [5.74, 6) is 0.891. The van der Waals surface area contributed by atoms with Gasteiger partial charge >= 0.3 is 0 Å². The molecule has 6 heteroatoms. The van der Waals surface area contributed by atoms with Crippen molar-refractivity contribution in [3.8, 4) is 0 Å². The van der Waals surface area contributed by atoms with Crippen LogP contribution in [0.5, 0.6) is 0 Å². The molecule has 4 nitrogen and oxygen atoms in total. The van der Waals surface area contributed by atoms with Gasteiger partial charge in [0.1, 0.15) is 5.01 Å². The Morgan fingerprint density at radius 1 is 1.23 bits per heavy atom. The van der Waals surface area contributed by atoms with E-state index in [1.807, 2.05) is 24.3 Å². The zero-order valence-electron chi connectivity index (χ0n) is 13.0. The van der Waals surface area contributed by atoms with E-state index in [0.29, 0.717) is 10.7 Å². The number of nitrogens with one attached hydrogen (secondary N) is 1. The zero-order valence-corrected chi connectivity index (χ0v) is 14.6. The van der Waals surface area contributed by atoms with Crippen molar-refractivity contribution in [2.45, 2.75) is 44.4 Å². The molecule has 118 valence electrons. The SMILES string of the molecule is CCCCc1nnc(NC(=O)c2ccccc2SCCC)s1. The maximum absolute atomic E-state index is 12.4. The number of benzene rings is 1. The third kappa shape index (κ3) is 4.81. The first kappa shape index (κ1) is 17.0. The fourth-order valence-electron chi connectivity index (χ4n) is 1.89. The Morgan fingerprint density at radius 2 is 2.05 bits per heavy atom. The second kappa shape index (κ2) is 8.90. The number of rotatable bonds is 8. The number of unbranched alkanes of at least 4 members (excludes halogenated alkanes) is 1. The number of nitrogens with zero attached hydrogens (tertiary/aromatic N) is 2. The highest BCUT2D eigenvalue weighted by Crippen LogP contribution is 2.25. The summed E-state index contributed by atoms with van der Waals surface area (Å²) in [5.41, 5.74) is 0.700. The Morgan fingerprint density at radius 3 is 2.82 bits per heavy atom. The molecule has 0 bridgehead atoms. The molecule has 0 spiro atoms. The van der Waals surface area contributed by atoms with Crippen LogP contribution in [-0.2, 0) is 6.42 Å². The number of hydrogen-bond acceptors (Lipinski definition) is 5. The molecule has 1 amide bonds. The number of thioether (sulfide) groups is 1. The first-order valence-corrected chi connectivity index (χ1v) is 9.40. The van der Waals surface area contributed by atoms with Crippen molar-refractivity contribution in [2.75, 3.05) is 11.1 Å². The molecule has 1 aromatic carbocycles. The van der Waals surface area contributed by atoms with Crippen LogP contribution in [0.4, 0.5) is 5.13 Å². The van der Waals surface area contributed by atoms with Gasteiger partial charge in [0.25, 0.3) is 5.91 Å². The topological polar surface area (TPSA) is 54.9 Å². The van der Waals surface area contributed by atoms with E-state index in [1.54, 1.807) is 11.8 Å². The van der Waals surface area contributed by atoms with Crippen molar-refractivity contribution in [1.29, 1.82) is 0 Å². The van der Waals surface area contributed by atoms with Crippen LogP contribution >= 0.6 is 23.1 Å². The average Bonchev–Trinajstić information content (AvgIpc) is 2.98. The molecule has 0 aliphatic heterocycles. The number of amides is 1. The lowest BCUT2D eigenvalue weighted by atomic mass is 10.2. The van der Waals surface area contributed by atoms with Gasteiger partial charge in [-0.3, -0.25) is 10.1 Å². The first-order valence-electron chi connectivity index (χ1n) is 7.60. The Kier molecular flexibility index (Phi) is 6.86. The number of carbonyl (C=O) groups excluding carboxylic acids is 1. The van der Waals surface area contributed by atoms with E-state index in [9.17, 15) is 4.79 Å².